The van der Waals surface area contributed by atoms with Gasteiger partial charge in [-0.3, -0.25) is 40.0 Å². The van der Waals surface area contributed by atoms with Crippen LogP contribution in [-0.4, -0.2) is 84.1 Å². The van der Waals surface area contributed by atoms with Crippen molar-refractivity contribution in [2.75, 3.05) is 13.1 Å². The second-order valence-electron chi connectivity index (χ2n) is 11.6. The normalized spacial score (nSPS) is 13.0. The predicted molar refractivity (Wildman–Crippen MR) is 186 cm³/mol. The summed E-state index contributed by atoms with van der Waals surface area (Å²) >= 11 is 0. The van der Waals surface area contributed by atoms with Crippen molar-refractivity contribution in [1.29, 1.82) is 5.41 Å². The van der Waals surface area contributed by atoms with Gasteiger partial charge in [-0.05, 0) is 49.9 Å². The molecule has 0 aliphatic carbocycles. The quantitative estimate of drug-likeness (QED) is 0.0122. The first-order valence-electron chi connectivity index (χ1n) is 16.1. The Hall–Kier alpha value is -4.66. The molecule has 18 nitrogen and oxygen atoms in total. The molecule has 0 radical (unpaired) electrons. The van der Waals surface area contributed by atoms with Gasteiger partial charge in [-0.15, -0.1) is 0 Å². The van der Waals surface area contributed by atoms with Crippen molar-refractivity contribution in [3.63, 3.8) is 0 Å². The SMILES string of the molecule is N=C(N)c1ccc(CNC(=O)[C@H](CCCNC(N)N)NC(=O)[C@H](CC(=O)O)NN[C@@H](CCCNC(N)N)C(=O)C(=O)Cc2ccccc2)cc1. The van der Waals surface area contributed by atoms with Crippen LogP contribution in [0.25, 0.3) is 0 Å². The van der Waals surface area contributed by atoms with E-state index in [1.54, 1.807) is 54.6 Å². The number of aliphatic carboxylic acids is 1. The Morgan fingerprint density at radius 1 is 0.720 bits per heavy atom. The van der Waals surface area contributed by atoms with E-state index >= 15 is 0 Å². The zero-order valence-electron chi connectivity index (χ0n) is 27.8. The highest BCUT2D eigenvalue weighted by molar-refractivity contribution is 6.39. The second kappa shape index (κ2) is 22.1. The van der Waals surface area contributed by atoms with Gasteiger partial charge >= 0.3 is 5.97 Å². The van der Waals surface area contributed by atoms with Gasteiger partial charge in [-0.25, -0.2) is 10.9 Å². The molecule has 2 aromatic carbocycles. The molecule has 0 aliphatic rings. The van der Waals surface area contributed by atoms with E-state index in [1.807, 2.05) is 0 Å². The zero-order chi connectivity index (χ0) is 37.1. The van der Waals surface area contributed by atoms with E-state index in [0.29, 0.717) is 42.6 Å². The molecule has 18 N–H and O–H groups in total. The molecular formula is C32H50N12O6. The van der Waals surface area contributed by atoms with Crippen LogP contribution in [0.5, 0.6) is 0 Å². The molecule has 3 atom stereocenters. The van der Waals surface area contributed by atoms with Crippen molar-refractivity contribution >= 4 is 35.2 Å². The molecule has 0 spiro atoms. The molecule has 0 bridgehead atoms. The number of nitrogen functional groups attached to an aromatic ring is 1. The molecule has 18 heteroatoms. The number of hydrogen-bond donors (Lipinski definition) is 13. The van der Waals surface area contributed by atoms with Crippen molar-refractivity contribution in [2.24, 2.45) is 28.7 Å². The van der Waals surface area contributed by atoms with Gasteiger partial charge in [0.15, 0.2) is 0 Å². The maximum absolute atomic E-state index is 13.5. The molecule has 0 aromatic heterocycles. The van der Waals surface area contributed by atoms with Crippen molar-refractivity contribution in [1.82, 2.24) is 32.1 Å². The Morgan fingerprint density at radius 3 is 1.82 bits per heavy atom. The molecule has 0 saturated heterocycles. The van der Waals surface area contributed by atoms with Gasteiger partial charge in [0.2, 0.25) is 23.4 Å². The van der Waals surface area contributed by atoms with E-state index in [9.17, 15) is 29.1 Å². The minimum absolute atomic E-state index is 0.0956. The predicted octanol–water partition coefficient (Wildman–Crippen LogP) is -3.10. The number of hydrazine groups is 1. The average Bonchev–Trinajstić information content (AvgIpc) is 3.07. The number of carbonyl (C=O) groups is 5. The number of benzene rings is 2. The number of carboxylic acid groups (broad SMARTS) is 1. The molecule has 2 aromatic rings. The molecule has 274 valence electrons. The first kappa shape index (κ1) is 41.5. The maximum Gasteiger partial charge on any atom is 0.305 e. The van der Waals surface area contributed by atoms with Crippen LogP contribution in [0.4, 0.5) is 0 Å². The summed E-state index contributed by atoms with van der Waals surface area (Å²) in [5.41, 5.74) is 34.8. The summed E-state index contributed by atoms with van der Waals surface area (Å²) in [6.07, 6.45) is -1.48. The molecule has 0 unspecified atom stereocenters. The van der Waals surface area contributed by atoms with E-state index < -0.39 is 66.5 Å². The third kappa shape index (κ3) is 16.2. The Balaban J connectivity index is 2.17. The summed E-state index contributed by atoms with van der Waals surface area (Å²) in [5.74, 6) is -4.27. The summed E-state index contributed by atoms with van der Waals surface area (Å²) < 4.78 is 0. The Bertz CT molecular complexity index is 1410. The maximum atomic E-state index is 13.5. The molecule has 2 amide bonds. The second-order valence-corrected chi connectivity index (χ2v) is 11.6. The van der Waals surface area contributed by atoms with Crippen LogP contribution in [0.15, 0.2) is 54.6 Å². The van der Waals surface area contributed by atoms with E-state index in [0.717, 1.165) is 0 Å². The van der Waals surface area contributed by atoms with E-state index in [-0.39, 0.29) is 31.6 Å². The van der Waals surface area contributed by atoms with Crippen molar-refractivity contribution in [3.05, 3.63) is 71.3 Å². The van der Waals surface area contributed by atoms with Crippen LogP contribution < -0.4 is 60.8 Å². The fourth-order valence-corrected chi connectivity index (χ4v) is 4.72. The third-order valence-electron chi connectivity index (χ3n) is 7.39. The lowest BCUT2D eigenvalue weighted by molar-refractivity contribution is -0.141. The number of amides is 2. The minimum atomic E-state index is -1.45. The first-order chi connectivity index (χ1) is 23.8. The van der Waals surface area contributed by atoms with Crippen LogP contribution in [0.1, 0.15) is 48.8 Å². The van der Waals surface area contributed by atoms with E-state index in [4.69, 9.17) is 34.1 Å². The molecule has 0 heterocycles. The highest BCUT2D eigenvalue weighted by atomic mass is 16.4. The van der Waals surface area contributed by atoms with Crippen LogP contribution in [0.3, 0.4) is 0 Å². The third-order valence-corrected chi connectivity index (χ3v) is 7.39. The first-order valence-corrected chi connectivity index (χ1v) is 16.1. The summed E-state index contributed by atoms with van der Waals surface area (Å²) in [4.78, 5) is 64.7. The average molecular weight is 699 g/mol. The monoisotopic (exact) mass is 698 g/mol. The van der Waals surface area contributed by atoms with Crippen LogP contribution in [-0.2, 0) is 36.9 Å². The summed E-state index contributed by atoms with van der Waals surface area (Å²) in [6.45, 7) is 0.738. The number of amidine groups is 1. The lowest BCUT2D eigenvalue weighted by Gasteiger charge is -2.25. The molecule has 50 heavy (non-hydrogen) atoms. The molecule has 0 aliphatic heterocycles. The van der Waals surface area contributed by atoms with Crippen molar-refractivity contribution < 1.29 is 29.1 Å². The summed E-state index contributed by atoms with van der Waals surface area (Å²) in [7, 11) is 0. The molecule has 0 saturated carbocycles. The molecule has 2 rings (SSSR count). The number of carbonyl (C=O) groups excluding carboxylic acids is 4. The topological polar surface area (TPSA) is 332 Å². The highest BCUT2D eigenvalue weighted by Crippen LogP contribution is 2.08. The van der Waals surface area contributed by atoms with Crippen LogP contribution in [0.2, 0.25) is 0 Å². The van der Waals surface area contributed by atoms with E-state index in [2.05, 4.69) is 32.1 Å². The lowest BCUT2D eigenvalue weighted by atomic mass is 9.99. The van der Waals surface area contributed by atoms with Gasteiger partial charge in [-0.1, -0.05) is 54.6 Å². The summed E-state index contributed by atoms with van der Waals surface area (Å²) in [5, 5.41) is 28.1. The van der Waals surface area contributed by atoms with Gasteiger partial charge in [-0.2, -0.15) is 0 Å². The highest BCUT2D eigenvalue weighted by Gasteiger charge is 2.30. The number of Topliss-reactive ketones (excluding diaryl/α,β-unsaturated/α-hetero) is 2. The standard InChI is InChI=1S/C32H50N12O6/c33-28(34)21-12-10-20(11-13-21)18-41-29(49)23(9-5-15-40-32(37)38)42-30(50)24(17-26(46)47)44-43-22(8-4-14-39-31(35)36)27(48)25(45)16-19-6-2-1-3-7-19/h1-3,6-7,10-13,22-24,31-32,39-40,43-44H,4-5,8-9,14-18,35-38H2,(H3,33,34)(H,41,49)(H,42,50)(H,46,47)/t22-,23-,24-/m0/s1. The van der Waals surface area contributed by atoms with E-state index in [1.165, 1.54) is 0 Å². The lowest BCUT2D eigenvalue weighted by Crippen LogP contribution is -2.59. The van der Waals surface area contributed by atoms with Crippen LogP contribution in [0, 0.1) is 5.41 Å². The molecule has 0 fully saturated rings. The Kier molecular flexibility index (Phi) is 18.4. The number of hydrogen-bond acceptors (Lipinski definition) is 14. The van der Waals surface area contributed by atoms with Crippen molar-refractivity contribution in [2.45, 2.75) is 75.8 Å². The summed E-state index contributed by atoms with van der Waals surface area (Å²) in [6, 6.07) is 11.7. The Labute approximate surface area is 290 Å². The number of nitrogens with two attached hydrogens (primary N) is 5. The van der Waals surface area contributed by atoms with Gasteiger partial charge < -0.3 is 44.4 Å². The number of nitrogens with one attached hydrogen (secondary N) is 7. The van der Waals surface area contributed by atoms with Gasteiger partial charge in [0.25, 0.3) is 0 Å². The van der Waals surface area contributed by atoms with Crippen molar-refractivity contribution in [3.8, 4) is 0 Å². The van der Waals surface area contributed by atoms with Gasteiger partial charge in [0.05, 0.1) is 12.5 Å². The minimum Gasteiger partial charge on any atom is -0.481 e. The zero-order valence-corrected chi connectivity index (χ0v) is 27.8. The fourth-order valence-electron chi connectivity index (χ4n) is 4.72. The number of ketones is 2. The Morgan fingerprint density at radius 2 is 1.28 bits per heavy atom. The van der Waals surface area contributed by atoms with Gasteiger partial charge in [0.1, 0.15) is 30.5 Å². The van der Waals surface area contributed by atoms with Crippen LogP contribution >= 0.6 is 0 Å². The number of carboxylic acids is 1. The fraction of sp³-hybridized carbons (Fsp3) is 0.438. The molecular weight excluding hydrogens is 648 g/mol. The van der Waals surface area contributed by atoms with Gasteiger partial charge in [0, 0.05) is 18.5 Å². The number of rotatable bonds is 25. The largest absolute Gasteiger partial charge is 0.481 e. The smallest absolute Gasteiger partial charge is 0.305 e.